The number of carbonyl (C=O) groups excluding carboxylic acids is 1. The van der Waals surface area contributed by atoms with E-state index in [0.29, 0.717) is 18.2 Å². The van der Waals surface area contributed by atoms with Crippen molar-refractivity contribution in [2.24, 2.45) is 0 Å². The Kier molecular flexibility index (Phi) is 4.88. The van der Waals surface area contributed by atoms with Crippen LogP contribution in [0.15, 0.2) is 73.3 Å². The maximum absolute atomic E-state index is 12.9. The third-order valence-electron chi connectivity index (χ3n) is 4.04. The van der Waals surface area contributed by atoms with Gasteiger partial charge in [0.15, 0.2) is 0 Å². The van der Waals surface area contributed by atoms with Gasteiger partial charge in [0, 0.05) is 35.2 Å². The van der Waals surface area contributed by atoms with Crippen LogP contribution in [-0.4, -0.2) is 20.9 Å². The molecule has 1 aromatic carbocycles. The van der Waals surface area contributed by atoms with Crippen molar-refractivity contribution in [2.45, 2.75) is 6.61 Å². The zero-order valence-electron chi connectivity index (χ0n) is 14.7. The Morgan fingerprint density at radius 3 is 2.75 bits per heavy atom. The normalized spacial score (nSPS) is 10.6. The van der Waals surface area contributed by atoms with Gasteiger partial charge >= 0.3 is 0 Å². The zero-order chi connectivity index (χ0) is 19.3. The van der Waals surface area contributed by atoms with Crippen molar-refractivity contribution in [2.75, 3.05) is 5.32 Å². The lowest BCUT2D eigenvalue weighted by Crippen LogP contribution is -2.13. The van der Waals surface area contributed by atoms with Gasteiger partial charge in [0.1, 0.15) is 18.1 Å². The van der Waals surface area contributed by atoms with E-state index in [9.17, 15) is 9.18 Å². The summed E-state index contributed by atoms with van der Waals surface area (Å²) in [7, 11) is 0. The summed E-state index contributed by atoms with van der Waals surface area (Å²) >= 11 is 0. The highest BCUT2D eigenvalue weighted by Gasteiger charge is 2.10. The molecule has 0 aliphatic heterocycles. The summed E-state index contributed by atoms with van der Waals surface area (Å²) in [5.74, 6) is -0.408. The smallest absolute Gasteiger partial charge is 0.274 e. The summed E-state index contributed by atoms with van der Waals surface area (Å²) < 4.78 is 18.8. The second kappa shape index (κ2) is 7.79. The minimum absolute atomic E-state index is 0.136. The van der Waals surface area contributed by atoms with E-state index < -0.39 is 11.7 Å². The van der Waals surface area contributed by atoms with Crippen molar-refractivity contribution in [3.8, 4) is 5.88 Å². The summed E-state index contributed by atoms with van der Waals surface area (Å²) in [5, 5.41) is 4.44. The Hall–Kier alpha value is -3.87. The lowest BCUT2D eigenvalue weighted by atomic mass is 10.1. The molecule has 28 heavy (non-hydrogen) atoms. The average Bonchev–Trinajstić information content (AvgIpc) is 2.73. The Labute approximate surface area is 160 Å². The van der Waals surface area contributed by atoms with Gasteiger partial charge in [0.2, 0.25) is 5.88 Å². The molecule has 1 N–H and O–H groups in total. The monoisotopic (exact) mass is 374 g/mol. The Bertz CT molecular complexity index is 1120. The lowest BCUT2D eigenvalue weighted by Gasteiger charge is -2.10. The van der Waals surface area contributed by atoms with E-state index in [0.717, 1.165) is 22.5 Å². The number of pyridine rings is 3. The number of rotatable bonds is 5. The van der Waals surface area contributed by atoms with Crippen molar-refractivity contribution < 1.29 is 13.9 Å². The van der Waals surface area contributed by atoms with Crippen molar-refractivity contribution >= 4 is 22.4 Å². The van der Waals surface area contributed by atoms with Crippen molar-refractivity contribution in [1.82, 2.24) is 15.0 Å². The lowest BCUT2D eigenvalue weighted by molar-refractivity contribution is 0.102. The number of aromatic nitrogens is 3. The second-order valence-electron chi connectivity index (χ2n) is 6.02. The first kappa shape index (κ1) is 17.5. The molecule has 0 radical (unpaired) electrons. The quantitative estimate of drug-likeness (QED) is 0.571. The number of hydrogen-bond donors (Lipinski definition) is 1. The van der Waals surface area contributed by atoms with Crippen LogP contribution >= 0.6 is 0 Å². The molecule has 3 heterocycles. The average molecular weight is 374 g/mol. The molecule has 0 saturated carbocycles. The van der Waals surface area contributed by atoms with Crippen molar-refractivity contribution in [3.05, 3.63) is 90.4 Å². The summed E-state index contributed by atoms with van der Waals surface area (Å²) in [6.07, 6.45) is 6.10. The molecule has 3 aromatic heterocycles. The number of benzene rings is 1. The summed E-state index contributed by atoms with van der Waals surface area (Å²) in [6, 6.07) is 13.5. The van der Waals surface area contributed by atoms with Crippen LogP contribution in [0.4, 0.5) is 10.1 Å². The molecule has 0 atom stereocenters. The van der Waals surface area contributed by atoms with Crippen LogP contribution < -0.4 is 10.1 Å². The predicted octanol–water partition coefficient (Wildman–Crippen LogP) is 4.00. The number of nitrogens with one attached hydrogen (secondary N) is 1. The van der Waals surface area contributed by atoms with Gasteiger partial charge in [0.25, 0.3) is 5.91 Å². The molecule has 0 fully saturated rings. The minimum atomic E-state index is -0.492. The molecular formula is C21H15FN4O2. The molecule has 0 aliphatic carbocycles. The van der Waals surface area contributed by atoms with Gasteiger partial charge in [-0.3, -0.25) is 9.78 Å². The van der Waals surface area contributed by atoms with Crippen molar-refractivity contribution in [3.63, 3.8) is 0 Å². The first-order valence-electron chi connectivity index (χ1n) is 8.52. The minimum Gasteiger partial charge on any atom is -0.472 e. The van der Waals surface area contributed by atoms with Gasteiger partial charge in [-0.1, -0.05) is 6.07 Å². The number of ether oxygens (including phenoxy) is 1. The molecule has 0 saturated heterocycles. The SMILES string of the molecule is O=C(Nc1ccc2c(OCc3cccnc3)nccc2c1)c1ccc(F)cn1. The molecule has 4 aromatic rings. The van der Waals surface area contributed by atoms with Gasteiger partial charge in [-0.25, -0.2) is 14.4 Å². The number of anilines is 1. The molecule has 0 bridgehead atoms. The highest BCUT2D eigenvalue weighted by Crippen LogP contribution is 2.26. The largest absolute Gasteiger partial charge is 0.472 e. The van der Waals surface area contributed by atoms with Crippen LogP contribution in [0.5, 0.6) is 5.88 Å². The highest BCUT2D eigenvalue weighted by atomic mass is 19.1. The van der Waals surface area contributed by atoms with Gasteiger partial charge in [-0.05, 0) is 47.9 Å². The number of halogens is 1. The molecule has 1 amide bonds. The fourth-order valence-corrected chi connectivity index (χ4v) is 2.68. The number of nitrogens with zero attached hydrogens (tertiary/aromatic N) is 3. The maximum Gasteiger partial charge on any atom is 0.274 e. The van der Waals surface area contributed by atoms with E-state index in [1.54, 1.807) is 24.7 Å². The van der Waals surface area contributed by atoms with Crippen LogP contribution in [0.2, 0.25) is 0 Å². The standard InChI is InChI=1S/C21H15FN4O2/c22-16-3-6-19(25-12-16)20(27)26-17-4-5-18-15(10-17)7-9-24-21(18)28-13-14-2-1-8-23-11-14/h1-12H,13H2,(H,26,27). The second-order valence-corrected chi connectivity index (χ2v) is 6.02. The Morgan fingerprint density at radius 2 is 1.96 bits per heavy atom. The van der Waals surface area contributed by atoms with E-state index in [2.05, 4.69) is 20.3 Å². The molecule has 0 aliphatic rings. The molecule has 6 nitrogen and oxygen atoms in total. The van der Waals surface area contributed by atoms with Crippen LogP contribution in [0, 0.1) is 5.82 Å². The van der Waals surface area contributed by atoms with Gasteiger partial charge in [0.05, 0.1) is 6.20 Å². The first-order chi connectivity index (χ1) is 13.7. The molecule has 0 unspecified atom stereocenters. The molecule has 4 rings (SSSR count). The molecule has 7 heteroatoms. The first-order valence-corrected chi connectivity index (χ1v) is 8.52. The number of hydrogen-bond acceptors (Lipinski definition) is 5. The van der Waals surface area contributed by atoms with Crippen LogP contribution in [0.3, 0.4) is 0 Å². The highest BCUT2D eigenvalue weighted by molar-refractivity contribution is 6.04. The van der Waals surface area contributed by atoms with Crippen LogP contribution in [0.1, 0.15) is 16.1 Å². The predicted molar refractivity (Wildman–Crippen MR) is 102 cm³/mol. The van der Waals surface area contributed by atoms with E-state index >= 15 is 0 Å². The molecule has 0 spiro atoms. The summed E-state index contributed by atoms with van der Waals surface area (Å²) in [4.78, 5) is 24.4. The van der Waals surface area contributed by atoms with Crippen molar-refractivity contribution in [1.29, 1.82) is 0 Å². The summed E-state index contributed by atoms with van der Waals surface area (Å²) in [5.41, 5.74) is 1.67. The van der Waals surface area contributed by atoms with E-state index in [4.69, 9.17) is 4.74 Å². The third-order valence-corrected chi connectivity index (χ3v) is 4.04. The fourth-order valence-electron chi connectivity index (χ4n) is 2.68. The van der Waals surface area contributed by atoms with E-state index in [-0.39, 0.29) is 5.69 Å². The third kappa shape index (κ3) is 3.93. The van der Waals surface area contributed by atoms with E-state index in [1.807, 2.05) is 30.3 Å². The fraction of sp³-hybridized carbons (Fsp3) is 0.0476. The number of fused-ring (bicyclic) bond motifs is 1. The summed E-state index contributed by atoms with van der Waals surface area (Å²) in [6.45, 7) is 0.356. The Morgan fingerprint density at radius 1 is 1.04 bits per heavy atom. The van der Waals surface area contributed by atoms with Gasteiger partial charge in [-0.2, -0.15) is 0 Å². The van der Waals surface area contributed by atoms with E-state index in [1.165, 1.54) is 12.1 Å². The number of amides is 1. The number of carbonyl (C=O) groups is 1. The molecule has 138 valence electrons. The van der Waals surface area contributed by atoms with Crippen LogP contribution in [-0.2, 0) is 6.61 Å². The van der Waals surface area contributed by atoms with Gasteiger partial charge in [-0.15, -0.1) is 0 Å². The maximum atomic E-state index is 12.9. The topological polar surface area (TPSA) is 77.0 Å². The Balaban J connectivity index is 1.53. The van der Waals surface area contributed by atoms with Gasteiger partial charge < -0.3 is 10.1 Å². The zero-order valence-corrected chi connectivity index (χ0v) is 14.7. The van der Waals surface area contributed by atoms with Crippen LogP contribution in [0.25, 0.3) is 10.8 Å². The molecular weight excluding hydrogens is 359 g/mol.